The van der Waals surface area contributed by atoms with Crippen molar-refractivity contribution in [1.82, 2.24) is 0 Å². The molecule has 0 aliphatic heterocycles. The van der Waals surface area contributed by atoms with Gasteiger partial charge in [-0.25, -0.2) is 0 Å². The van der Waals surface area contributed by atoms with E-state index in [0.717, 1.165) is 5.48 Å². The molecular formula is C3H9NO2. The average Bonchev–Trinajstić information content (AvgIpc) is 1.61. The largest absolute Gasteiger partial charge is 0.636 e. The summed E-state index contributed by atoms with van der Waals surface area (Å²) in [4.78, 5) is 0. The molecule has 0 unspecified atom stereocenters. The van der Waals surface area contributed by atoms with Crippen LogP contribution in [0, 0.1) is 5.21 Å². The Hall–Kier alpha value is -0.120. The number of nitrogens with two attached hydrogens (primary N) is 1. The average molecular weight is 91.1 g/mol. The number of hydroxylamine groups is 1. The fourth-order valence-corrected chi connectivity index (χ4v) is 0.175. The van der Waals surface area contributed by atoms with Gasteiger partial charge in [0.15, 0.2) is 0 Å². The summed E-state index contributed by atoms with van der Waals surface area (Å²) in [5.41, 5.74) is 0.802. The second-order valence-corrected chi connectivity index (χ2v) is 1.03. The summed E-state index contributed by atoms with van der Waals surface area (Å²) in [6.07, 6.45) is 0.601. The van der Waals surface area contributed by atoms with Gasteiger partial charge < -0.3 is 15.8 Å². The Balaban J connectivity index is 2.34. The van der Waals surface area contributed by atoms with Crippen molar-refractivity contribution >= 4 is 0 Å². The maximum Gasteiger partial charge on any atom is 0.0774 e. The van der Waals surface area contributed by atoms with Crippen molar-refractivity contribution in [2.75, 3.05) is 13.2 Å². The molecule has 3 N–H and O–H groups in total. The minimum Gasteiger partial charge on any atom is -0.636 e. The van der Waals surface area contributed by atoms with Crippen LogP contribution >= 0.6 is 0 Å². The molecule has 3 nitrogen and oxygen atoms in total. The van der Waals surface area contributed by atoms with Crippen molar-refractivity contribution in [1.29, 1.82) is 0 Å². The molecule has 0 atom stereocenters. The third-order valence-corrected chi connectivity index (χ3v) is 0.480. The van der Waals surface area contributed by atoms with Crippen molar-refractivity contribution in [2.45, 2.75) is 6.42 Å². The summed E-state index contributed by atoms with van der Waals surface area (Å²) >= 11 is 0. The van der Waals surface area contributed by atoms with Crippen LogP contribution in [0.2, 0.25) is 0 Å². The van der Waals surface area contributed by atoms with Crippen molar-refractivity contribution in [2.24, 2.45) is 0 Å². The van der Waals surface area contributed by atoms with Gasteiger partial charge in [0.2, 0.25) is 0 Å². The van der Waals surface area contributed by atoms with Crippen molar-refractivity contribution in [3.8, 4) is 0 Å². The van der Waals surface area contributed by atoms with Crippen molar-refractivity contribution in [3.05, 3.63) is 5.21 Å². The molecule has 0 aromatic carbocycles. The maximum atomic E-state index is 9.45. The van der Waals surface area contributed by atoms with Crippen LogP contribution in [0.3, 0.4) is 0 Å². The predicted octanol–water partition coefficient (Wildman–Crippen LogP) is -1.57. The molecule has 38 valence electrons. The molecule has 0 saturated carbocycles. The van der Waals surface area contributed by atoms with Crippen molar-refractivity contribution in [3.63, 3.8) is 0 Å². The predicted molar refractivity (Wildman–Crippen MR) is 21.9 cm³/mol. The van der Waals surface area contributed by atoms with E-state index in [1.807, 2.05) is 0 Å². The van der Waals surface area contributed by atoms with Gasteiger partial charge in [-0.2, -0.15) is 0 Å². The van der Waals surface area contributed by atoms with Crippen LogP contribution in [0.5, 0.6) is 0 Å². The molecule has 0 fully saturated rings. The van der Waals surface area contributed by atoms with Gasteiger partial charge in [-0.3, -0.25) is 0 Å². The topological polar surface area (TPSA) is 59.9 Å². The molecule has 0 radical (unpaired) electrons. The molecule has 0 aromatic rings. The van der Waals surface area contributed by atoms with Gasteiger partial charge >= 0.3 is 0 Å². The van der Waals surface area contributed by atoms with E-state index < -0.39 is 0 Å². The van der Waals surface area contributed by atoms with E-state index in [0.29, 0.717) is 13.0 Å². The lowest BCUT2D eigenvalue weighted by atomic mass is 10.5. The van der Waals surface area contributed by atoms with Gasteiger partial charge in [0.25, 0.3) is 0 Å². The van der Waals surface area contributed by atoms with Gasteiger partial charge in [0.1, 0.15) is 0 Å². The molecular weight excluding hydrogens is 82.0 g/mol. The van der Waals surface area contributed by atoms with Crippen LogP contribution in [0.4, 0.5) is 0 Å². The molecule has 3 heteroatoms. The summed E-state index contributed by atoms with van der Waals surface area (Å²) in [6.45, 7) is 0.606. The van der Waals surface area contributed by atoms with E-state index in [9.17, 15) is 5.21 Å². The number of aliphatic hydroxyl groups is 1. The SMILES string of the molecule is [O-][NH2+]CCCO. The first-order chi connectivity index (χ1) is 2.91. The van der Waals surface area contributed by atoms with Gasteiger partial charge in [-0.1, -0.05) is 0 Å². The van der Waals surface area contributed by atoms with Gasteiger partial charge in [0, 0.05) is 13.0 Å². The quantitative estimate of drug-likeness (QED) is 0.325. The fraction of sp³-hybridized carbons (Fsp3) is 1.00. The van der Waals surface area contributed by atoms with E-state index in [1.54, 1.807) is 0 Å². The zero-order valence-electron chi connectivity index (χ0n) is 3.55. The molecule has 6 heavy (non-hydrogen) atoms. The number of aliphatic hydroxyl groups excluding tert-OH is 1. The van der Waals surface area contributed by atoms with E-state index in [1.165, 1.54) is 0 Å². The molecule has 0 aliphatic carbocycles. The summed E-state index contributed by atoms with van der Waals surface area (Å²) in [7, 11) is 0. The number of hydrogen-bond donors (Lipinski definition) is 2. The Kier molecular flexibility index (Phi) is 4.78. The minimum atomic E-state index is 0.124. The monoisotopic (exact) mass is 91.1 g/mol. The summed E-state index contributed by atoms with van der Waals surface area (Å²) < 4.78 is 0. The Labute approximate surface area is 36.6 Å². The Morgan fingerprint density at radius 1 is 1.67 bits per heavy atom. The van der Waals surface area contributed by atoms with E-state index in [4.69, 9.17) is 5.11 Å². The molecule has 0 amide bonds. The number of rotatable bonds is 3. The first-order valence-electron chi connectivity index (χ1n) is 1.96. The standard InChI is InChI=1S/C3H9NO2/c5-3-1-2-4-6/h5H,1-4H2. The highest BCUT2D eigenvalue weighted by Crippen LogP contribution is 1.61. The van der Waals surface area contributed by atoms with Crippen LogP contribution in [0.15, 0.2) is 0 Å². The first kappa shape index (κ1) is 5.88. The molecule has 0 spiro atoms. The fourth-order valence-electron chi connectivity index (χ4n) is 0.175. The van der Waals surface area contributed by atoms with Crippen LogP contribution in [-0.2, 0) is 0 Å². The zero-order chi connectivity index (χ0) is 4.83. The summed E-state index contributed by atoms with van der Waals surface area (Å²) in [5.74, 6) is 0. The minimum absolute atomic E-state index is 0.124. The second kappa shape index (κ2) is 4.88. The van der Waals surface area contributed by atoms with Gasteiger partial charge in [0.05, 0.1) is 6.54 Å². The molecule has 0 rings (SSSR count). The summed E-state index contributed by atoms with van der Waals surface area (Å²) in [5, 5.41) is 17.5. The van der Waals surface area contributed by atoms with Crippen LogP contribution < -0.4 is 5.48 Å². The second-order valence-electron chi connectivity index (χ2n) is 1.03. The highest BCUT2D eigenvalue weighted by atomic mass is 16.5. The van der Waals surface area contributed by atoms with Crippen LogP contribution in [0.25, 0.3) is 0 Å². The van der Waals surface area contributed by atoms with Gasteiger partial charge in [-0.05, 0) is 0 Å². The summed E-state index contributed by atoms with van der Waals surface area (Å²) in [6, 6.07) is 0. The highest BCUT2D eigenvalue weighted by Gasteiger charge is 1.75. The van der Waals surface area contributed by atoms with Crippen LogP contribution in [0.1, 0.15) is 6.42 Å². The first-order valence-corrected chi connectivity index (χ1v) is 1.96. The normalized spacial score (nSPS) is 9.00. The number of hydrogen-bond acceptors (Lipinski definition) is 2. The van der Waals surface area contributed by atoms with E-state index in [-0.39, 0.29) is 6.61 Å². The lowest BCUT2D eigenvalue weighted by molar-refractivity contribution is -0.589. The zero-order valence-corrected chi connectivity index (χ0v) is 3.55. The van der Waals surface area contributed by atoms with E-state index >= 15 is 0 Å². The highest BCUT2D eigenvalue weighted by molar-refractivity contribution is 4.23. The lowest BCUT2D eigenvalue weighted by Crippen LogP contribution is -2.77. The van der Waals surface area contributed by atoms with Crippen molar-refractivity contribution < 1.29 is 10.6 Å². The molecule has 0 aromatic heterocycles. The molecule has 0 saturated heterocycles. The maximum absolute atomic E-state index is 9.45. The third kappa shape index (κ3) is 3.88. The Morgan fingerprint density at radius 2 is 2.33 bits per heavy atom. The Morgan fingerprint density at radius 3 is 2.50 bits per heavy atom. The van der Waals surface area contributed by atoms with Gasteiger partial charge in [-0.15, -0.1) is 0 Å². The Bertz CT molecular complexity index is 20.8. The smallest absolute Gasteiger partial charge is 0.0774 e. The third-order valence-electron chi connectivity index (χ3n) is 0.480. The lowest BCUT2D eigenvalue weighted by Gasteiger charge is -1.96. The molecule has 0 aliphatic rings. The number of quaternary nitrogens is 1. The van der Waals surface area contributed by atoms with E-state index in [2.05, 4.69) is 0 Å². The molecule has 0 bridgehead atoms. The molecule has 0 heterocycles. The van der Waals surface area contributed by atoms with Crippen LogP contribution in [-0.4, -0.2) is 18.3 Å².